The van der Waals surface area contributed by atoms with Crippen LogP contribution >= 0.6 is 0 Å². The highest BCUT2D eigenvalue weighted by Gasteiger charge is 2.44. The van der Waals surface area contributed by atoms with E-state index in [2.05, 4.69) is 4.74 Å². The number of halogens is 2. The molecular formula is C15H16F2N2O4. The van der Waals surface area contributed by atoms with E-state index in [1.807, 2.05) is 13.8 Å². The minimum Gasteiger partial charge on any atom is -0.435 e. The molecule has 0 N–H and O–H groups in total. The highest BCUT2D eigenvalue weighted by atomic mass is 19.3. The van der Waals surface area contributed by atoms with Crippen LogP contribution in [0.3, 0.4) is 0 Å². The molecule has 1 heterocycles. The van der Waals surface area contributed by atoms with Crippen molar-refractivity contribution in [2.24, 2.45) is 5.92 Å². The van der Waals surface area contributed by atoms with Crippen LogP contribution in [-0.2, 0) is 16.1 Å². The van der Waals surface area contributed by atoms with Gasteiger partial charge in [-0.05, 0) is 23.6 Å². The van der Waals surface area contributed by atoms with Gasteiger partial charge in [-0.1, -0.05) is 26.0 Å². The minimum absolute atomic E-state index is 0.0275. The predicted octanol–water partition coefficient (Wildman–Crippen LogP) is 2.23. The molecule has 1 aromatic carbocycles. The average molecular weight is 326 g/mol. The number of benzene rings is 1. The molecule has 0 unspecified atom stereocenters. The van der Waals surface area contributed by atoms with E-state index < -0.39 is 24.5 Å². The average Bonchev–Trinajstić information content (AvgIpc) is 2.66. The molecule has 1 aliphatic rings. The van der Waals surface area contributed by atoms with Crippen LogP contribution in [0.2, 0.25) is 0 Å². The van der Waals surface area contributed by atoms with E-state index in [9.17, 15) is 23.2 Å². The van der Waals surface area contributed by atoms with Crippen molar-refractivity contribution in [2.75, 3.05) is 6.54 Å². The topological polar surface area (TPSA) is 66.9 Å². The first kappa shape index (κ1) is 16.9. The van der Waals surface area contributed by atoms with E-state index in [1.54, 1.807) is 0 Å². The van der Waals surface area contributed by atoms with Gasteiger partial charge in [0.15, 0.2) is 0 Å². The van der Waals surface area contributed by atoms with Crippen molar-refractivity contribution in [3.8, 4) is 5.75 Å². The van der Waals surface area contributed by atoms with Gasteiger partial charge in [0.1, 0.15) is 5.75 Å². The second kappa shape index (κ2) is 6.72. The lowest BCUT2D eigenvalue weighted by Crippen LogP contribution is -2.35. The Balaban J connectivity index is 2.09. The molecule has 6 nitrogen and oxygen atoms in total. The fourth-order valence-electron chi connectivity index (χ4n) is 2.17. The summed E-state index contributed by atoms with van der Waals surface area (Å²) >= 11 is 0. The maximum absolute atomic E-state index is 12.2. The third kappa shape index (κ3) is 3.82. The largest absolute Gasteiger partial charge is 0.435 e. The quantitative estimate of drug-likeness (QED) is 0.594. The molecule has 8 heteroatoms. The molecule has 1 saturated heterocycles. The Kier molecular flexibility index (Phi) is 4.92. The fourth-order valence-corrected chi connectivity index (χ4v) is 2.17. The van der Waals surface area contributed by atoms with Crippen molar-refractivity contribution in [2.45, 2.75) is 27.0 Å². The molecule has 0 saturated carbocycles. The Bertz CT molecular complexity index is 616. The molecule has 1 fully saturated rings. The van der Waals surface area contributed by atoms with Crippen LogP contribution in [0, 0.1) is 5.92 Å². The Morgan fingerprint density at radius 3 is 2.09 bits per heavy atom. The van der Waals surface area contributed by atoms with Gasteiger partial charge in [-0.2, -0.15) is 8.78 Å². The molecule has 23 heavy (non-hydrogen) atoms. The first-order valence-corrected chi connectivity index (χ1v) is 7.00. The number of ether oxygens (including phenoxy) is 1. The van der Waals surface area contributed by atoms with Gasteiger partial charge in [-0.15, -0.1) is 0 Å². The van der Waals surface area contributed by atoms with Gasteiger partial charge in [0.05, 0.1) is 6.54 Å². The molecule has 124 valence electrons. The van der Waals surface area contributed by atoms with Crippen LogP contribution in [0.1, 0.15) is 19.4 Å². The number of carbonyl (C=O) groups excluding carboxylic acids is 3. The summed E-state index contributed by atoms with van der Waals surface area (Å²) in [6.45, 7) is 0.795. The maximum atomic E-state index is 12.2. The Morgan fingerprint density at radius 2 is 1.57 bits per heavy atom. The van der Waals surface area contributed by atoms with Crippen molar-refractivity contribution in [3.63, 3.8) is 0 Å². The van der Waals surface area contributed by atoms with Crippen molar-refractivity contribution in [1.82, 2.24) is 9.80 Å². The van der Waals surface area contributed by atoms with Gasteiger partial charge in [0.2, 0.25) is 0 Å². The van der Waals surface area contributed by atoms with E-state index in [-0.39, 0.29) is 24.8 Å². The number of urea groups is 1. The fraction of sp³-hybridized carbons (Fsp3) is 0.400. The Morgan fingerprint density at radius 1 is 1.00 bits per heavy atom. The van der Waals surface area contributed by atoms with Gasteiger partial charge < -0.3 is 4.74 Å². The molecule has 0 atom stereocenters. The maximum Gasteiger partial charge on any atom is 0.387 e. The van der Waals surface area contributed by atoms with E-state index in [1.165, 1.54) is 24.3 Å². The Hall–Kier alpha value is -2.51. The van der Waals surface area contributed by atoms with Crippen LogP contribution in [0.4, 0.5) is 13.6 Å². The van der Waals surface area contributed by atoms with Crippen LogP contribution in [0.5, 0.6) is 5.75 Å². The van der Waals surface area contributed by atoms with Crippen LogP contribution in [0.15, 0.2) is 24.3 Å². The zero-order valence-corrected chi connectivity index (χ0v) is 12.7. The van der Waals surface area contributed by atoms with E-state index in [4.69, 9.17) is 0 Å². The Labute approximate surface area is 131 Å². The first-order chi connectivity index (χ1) is 10.8. The second-order valence-corrected chi connectivity index (χ2v) is 5.51. The molecule has 1 aliphatic heterocycles. The number of imide groups is 2. The third-order valence-corrected chi connectivity index (χ3v) is 3.17. The van der Waals surface area contributed by atoms with Gasteiger partial charge in [-0.25, -0.2) is 4.79 Å². The lowest BCUT2D eigenvalue weighted by Gasteiger charge is -2.17. The molecule has 2 rings (SSSR count). The number of carbonyl (C=O) groups is 3. The van der Waals surface area contributed by atoms with Crippen LogP contribution in [0.25, 0.3) is 0 Å². The number of amides is 4. The molecule has 0 aliphatic carbocycles. The minimum atomic E-state index is -2.93. The van der Waals surface area contributed by atoms with Gasteiger partial charge in [-0.3, -0.25) is 19.4 Å². The zero-order chi connectivity index (χ0) is 17.1. The normalized spacial score (nSPS) is 15.3. The number of hydrogen-bond acceptors (Lipinski definition) is 4. The van der Waals surface area contributed by atoms with Gasteiger partial charge in [0.25, 0.3) is 0 Å². The van der Waals surface area contributed by atoms with Crippen LogP contribution < -0.4 is 4.74 Å². The standard InChI is InChI=1S/C15H16F2N2O4/c1-9(2)7-18-12(20)13(21)19(15(18)22)8-10-3-5-11(6-4-10)23-14(16)17/h3-6,9,14H,7-8H2,1-2H3. The third-order valence-electron chi connectivity index (χ3n) is 3.17. The number of hydrogen-bond donors (Lipinski definition) is 0. The summed E-state index contributed by atoms with van der Waals surface area (Å²) in [7, 11) is 0. The highest BCUT2D eigenvalue weighted by molar-refractivity contribution is 6.44. The second-order valence-electron chi connectivity index (χ2n) is 5.51. The molecule has 0 spiro atoms. The van der Waals surface area contributed by atoms with E-state index >= 15 is 0 Å². The summed E-state index contributed by atoms with van der Waals surface area (Å²) in [6.07, 6.45) is 0. The van der Waals surface area contributed by atoms with Gasteiger partial charge >= 0.3 is 24.5 Å². The SMILES string of the molecule is CC(C)CN1C(=O)C(=O)N(Cc2ccc(OC(F)F)cc2)C1=O. The highest BCUT2D eigenvalue weighted by Crippen LogP contribution is 2.20. The molecule has 0 radical (unpaired) electrons. The van der Waals surface area contributed by atoms with Crippen molar-refractivity contribution in [1.29, 1.82) is 0 Å². The number of nitrogens with zero attached hydrogens (tertiary/aromatic N) is 2. The summed E-state index contributed by atoms with van der Waals surface area (Å²) in [5.41, 5.74) is 0.521. The number of alkyl halides is 2. The monoisotopic (exact) mass is 326 g/mol. The summed E-state index contributed by atoms with van der Waals surface area (Å²) in [5, 5.41) is 0. The van der Waals surface area contributed by atoms with Crippen molar-refractivity contribution >= 4 is 17.8 Å². The molecule has 1 aromatic rings. The van der Waals surface area contributed by atoms with Crippen molar-refractivity contribution in [3.05, 3.63) is 29.8 Å². The van der Waals surface area contributed by atoms with Crippen LogP contribution in [-0.4, -0.2) is 40.8 Å². The number of rotatable bonds is 6. The van der Waals surface area contributed by atoms with E-state index in [0.29, 0.717) is 5.56 Å². The summed E-state index contributed by atoms with van der Waals surface area (Å²) in [5.74, 6) is -1.72. The molecular weight excluding hydrogens is 310 g/mol. The smallest absolute Gasteiger partial charge is 0.387 e. The van der Waals surface area contributed by atoms with E-state index in [0.717, 1.165) is 9.80 Å². The molecule has 4 amide bonds. The molecule has 0 aromatic heterocycles. The molecule has 0 bridgehead atoms. The van der Waals surface area contributed by atoms with Gasteiger partial charge in [0, 0.05) is 6.54 Å². The first-order valence-electron chi connectivity index (χ1n) is 7.00. The summed E-state index contributed by atoms with van der Waals surface area (Å²) in [4.78, 5) is 37.7. The van der Waals surface area contributed by atoms with Crippen molar-refractivity contribution < 1.29 is 27.9 Å². The lowest BCUT2D eigenvalue weighted by molar-refractivity contribution is -0.143. The zero-order valence-electron chi connectivity index (χ0n) is 12.7. The predicted molar refractivity (Wildman–Crippen MR) is 75.6 cm³/mol. The summed E-state index contributed by atoms with van der Waals surface area (Å²) < 4.78 is 28.4. The summed E-state index contributed by atoms with van der Waals surface area (Å²) in [6, 6.07) is 4.85. The lowest BCUT2D eigenvalue weighted by atomic mass is 10.2.